The summed E-state index contributed by atoms with van der Waals surface area (Å²) < 4.78 is 29.1. The maximum Gasteiger partial charge on any atom is 0.282 e. The van der Waals surface area contributed by atoms with E-state index in [0.29, 0.717) is 39.3 Å². The minimum atomic E-state index is -3.32. The van der Waals surface area contributed by atoms with E-state index in [0.717, 1.165) is 36.4 Å². The summed E-state index contributed by atoms with van der Waals surface area (Å²) in [5, 5.41) is 0.718. The van der Waals surface area contributed by atoms with E-state index < -0.39 is 10.2 Å². The Bertz CT molecular complexity index is 664. The van der Waals surface area contributed by atoms with E-state index >= 15 is 0 Å². The lowest BCUT2D eigenvalue weighted by Crippen LogP contribution is -2.53. The Morgan fingerprint density at radius 1 is 0.875 bits per heavy atom. The molecule has 0 amide bonds. The van der Waals surface area contributed by atoms with Gasteiger partial charge in [-0.25, -0.2) is 0 Å². The first-order chi connectivity index (χ1) is 11.5. The van der Waals surface area contributed by atoms with Crippen LogP contribution < -0.4 is 4.90 Å². The summed E-state index contributed by atoms with van der Waals surface area (Å²) in [7, 11) is -3.32. The summed E-state index contributed by atoms with van der Waals surface area (Å²) in [6, 6.07) is 5.87. The van der Waals surface area contributed by atoms with Gasteiger partial charge in [-0.15, -0.1) is 0 Å². The van der Waals surface area contributed by atoms with Gasteiger partial charge in [0.1, 0.15) is 0 Å². The number of halogens is 1. The van der Waals surface area contributed by atoms with Gasteiger partial charge in [0.25, 0.3) is 10.2 Å². The van der Waals surface area contributed by atoms with Crippen molar-refractivity contribution in [1.82, 2.24) is 8.61 Å². The molecule has 24 heavy (non-hydrogen) atoms. The topological polar surface area (TPSA) is 43.9 Å². The van der Waals surface area contributed by atoms with E-state index in [1.54, 1.807) is 8.61 Å². The van der Waals surface area contributed by atoms with Gasteiger partial charge in [0.2, 0.25) is 0 Å². The molecule has 0 N–H and O–H groups in total. The Kier molecular flexibility index (Phi) is 5.70. The molecule has 0 aliphatic carbocycles. The Labute approximate surface area is 150 Å². The van der Waals surface area contributed by atoms with E-state index in [-0.39, 0.29) is 0 Å². The molecule has 2 aliphatic rings. The third-order valence-corrected chi connectivity index (χ3v) is 7.24. The zero-order valence-electron chi connectivity index (χ0n) is 14.2. The summed E-state index contributed by atoms with van der Waals surface area (Å²) in [6.45, 7) is 5.86. The highest BCUT2D eigenvalue weighted by Gasteiger charge is 2.32. The molecule has 2 fully saturated rings. The highest BCUT2D eigenvalue weighted by molar-refractivity contribution is 7.86. The van der Waals surface area contributed by atoms with E-state index in [9.17, 15) is 8.42 Å². The first kappa shape index (κ1) is 18.0. The molecule has 0 unspecified atom stereocenters. The zero-order valence-corrected chi connectivity index (χ0v) is 15.8. The maximum atomic E-state index is 12.9. The van der Waals surface area contributed by atoms with Crippen LogP contribution in [0.1, 0.15) is 31.2 Å². The molecule has 0 saturated carbocycles. The van der Waals surface area contributed by atoms with Crippen molar-refractivity contribution in [2.45, 2.75) is 32.6 Å². The fraction of sp³-hybridized carbons (Fsp3) is 0.647. The number of hydrogen-bond donors (Lipinski definition) is 0. The van der Waals surface area contributed by atoms with Crippen molar-refractivity contribution in [3.8, 4) is 0 Å². The van der Waals surface area contributed by atoms with Crippen LogP contribution >= 0.6 is 11.6 Å². The lowest BCUT2D eigenvalue weighted by Gasteiger charge is -2.38. The van der Waals surface area contributed by atoms with Gasteiger partial charge in [-0.3, -0.25) is 0 Å². The second kappa shape index (κ2) is 7.60. The standard InChI is InChI=1S/C17H26ClN3O2S/c1-15-6-7-16(18)14-17(15)19-10-12-21(13-11-19)24(22,23)20-8-4-2-3-5-9-20/h6-7,14H,2-5,8-13H2,1H3. The van der Waals surface area contributed by atoms with E-state index in [1.165, 1.54) is 5.56 Å². The smallest absolute Gasteiger partial charge is 0.282 e. The van der Waals surface area contributed by atoms with E-state index in [1.807, 2.05) is 18.2 Å². The van der Waals surface area contributed by atoms with Crippen LogP contribution in [0.5, 0.6) is 0 Å². The van der Waals surface area contributed by atoms with Crippen LogP contribution in [0.3, 0.4) is 0 Å². The number of piperazine rings is 1. The second-order valence-corrected chi connectivity index (χ2v) is 9.00. The molecule has 2 heterocycles. The number of anilines is 1. The number of hydrogen-bond acceptors (Lipinski definition) is 3. The number of nitrogens with zero attached hydrogens (tertiary/aromatic N) is 3. The molecule has 7 heteroatoms. The van der Waals surface area contributed by atoms with Gasteiger partial charge in [0.15, 0.2) is 0 Å². The van der Waals surface area contributed by atoms with Gasteiger partial charge in [0, 0.05) is 50.0 Å². The third-order valence-electron chi connectivity index (χ3n) is 4.97. The fourth-order valence-electron chi connectivity index (χ4n) is 3.52. The van der Waals surface area contributed by atoms with Crippen LogP contribution in [-0.4, -0.2) is 56.3 Å². The van der Waals surface area contributed by atoms with Crippen LogP contribution in [0.15, 0.2) is 18.2 Å². The number of rotatable bonds is 3. The van der Waals surface area contributed by atoms with Crippen molar-refractivity contribution in [1.29, 1.82) is 0 Å². The van der Waals surface area contributed by atoms with Gasteiger partial charge in [-0.05, 0) is 37.5 Å². The molecule has 0 spiro atoms. The molecule has 0 atom stereocenters. The number of benzene rings is 1. The Balaban J connectivity index is 1.67. The quantitative estimate of drug-likeness (QED) is 0.820. The average molecular weight is 372 g/mol. The molecule has 0 radical (unpaired) electrons. The predicted octanol–water partition coefficient (Wildman–Crippen LogP) is 2.89. The highest BCUT2D eigenvalue weighted by atomic mass is 35.5. The van der Waals surface area contributed by atoms with Gasteiger partial charge < -0.3 is 4.90 Å². The molecule has 1 aromatic rings. The minimum Gasteiger partial charge on any atom is -0.369 e. The van der Waals surface area contributed by atoms with Gasteiger partial charge in [0.05, 0.1) is 0 Å². The van der Waals surface area contributed by atoms with Crippen molar-refractivity contribution in [3.63, 3.8) is 0 Å². The van der Waals surface area contributed by atoms with Crippen molar-refractivity contribution in [3.05, 3.63) is 28.8 Å². The highest BCUT2D eigenvalue weighted by Crippen LogP contribution is 2.26. The maximum absolute atomic E-state index is 12.9. The molecule has 3 rings (SSSR count). The molecule has 2 saturated heterocycles. The largest absolute Gasteiger partial charge is 0.369 e. The molecule has 134 valence electrons. The normalized spacial score (nSPS) is 21.7. The molecule has 5 nitrogen and oxygen atoms in total. The second-order valence-electron chi connectivity index (χ2n) is 6.64. The molecular formula is C17H26ClN3O2S. The Hall–Kier alpha value is -0.820. The van der Waals surface area contributed by atoms with Gasteiger partial charge in [-0.1, -0.05) is 30.5 Å². The fourth-order valence-corrected chi connectivity index (χ4v) is 5.36. The van der Waals surface area contributed by atoms with Crippen LogP contribution in [-0.2, 0) is 10.2 Å². The SMILES string of the molecule is Cc1ccc(Cl)cc1N1CCN(S(=O)(=O)N2CCCCCC2)CC1. The molecular weight excluding hydrogens is 346 g/mol. The van der Waals surface area contributed by atoms with E-state index in [2.05, 4.69) is 11.8 Å². The van der Waals surface area contributed by atoms with Crippen LogP contribution in [0.4, 0.5) is 5.69 Å². The monoisotopic (exact) mass is 371 g/mol. The summed E-state index contributed by atoms with van der Waals surface area (Å²) in [5.41, 5.74) is 2.28. The average Bonchev–Trinajstić information content (AvgIpc) is 2.87. The predicted molar refractivity (Wildman–Crippen MR) is 98.9 cm³/mol. The molecule has 0 aromatic heterocycles. The molecule has 1 aromatic carbocycles. The third kappa shape index (κ3) is 3.87. The lowest BCUT2D eigenvalue weighted by molar-refractivity contribution is 0.327. The first-order valence-electron chi connectivity index (χ1n) is 8.75. The number of aryl methyl sites for hydroxylation is 1. The van der Waals surface area contributed by atoms with E-state index in [4.69, 9.17) is 11.6 Å². The van der Waals surface area contributed by atoms with Crippen molar-refractivity contribution < 1.29 is 8.42 Å². The van der Waals surface area contributed by atoms with Crippen LogP contribution in [0, 0.1) is 6.92 Å². The summed E-state index contributed by atoms with van der Waals surface area (Å²) in [6.07, 6.45) is 4.21. The van der Waals surface area contributed by atoms with Crippen molar-refractivity contribution in [2.24, 2.45) is 0 Å². The summed E-state index contributed by atoms with van der Waals surface area (Å²) in [4.78, 5) is 2.23. The van der Waals surface area contributed by atoms with Gasteiger partial charge in [-0.2, -0.15) is 17.0 Å². The Morgan fingerprint density at radius 3 is 2.08 bits per heavy atom. The molecule has 0 bridgehead atoms. The summed E-state index contributed by atoms with van der Waals surface area (Å²) in [5.74, 6) is 0. The van der Waals surface area contributed by atoms with Crippen molar-refractivity contribution >= 4 is 27.5 Å². The molecule has 2 aliphatic heterocycles. The Morgan fingerprint density at radius 2 is 1.46 bits per heavy atom. The van der Waals surface area contributed by atoms with Crippen molar-refractivity contribution in [2.75, 3.05) is 44.2 Å². The zero-order chi connectivity index (χ0) is 17.2. The summed E-state index contributed by atoms with van der Waals surface area (Å²) >= 11 is 6.11. The minimum absolute atomic E-state index is 0.533. The first-order valence-corrected chi connectivity index (χ1v) is 10.5. The van der Waals surface area contributed by atoms with Crippen LogP contribution in [0.2, 0.25) is 5.02 Å². The van der Waals surface area contributed by atoms with Crippen LogP contribution in [0.25, 0.3) is 0 Å². The van der Waals surface area contributed by atoms with Gasteiger partial charge >= 0.3 is 0 Å². The lowest BCUT2D eigenvalue weighted by atomic mass is 10.1.